The third-order valence-electron chi connectivity index (χ3n) is 11.7. The van der Waals surface area contributed by atoms with E-state index in [0.717, 1.165) is 67.3 Å². The van der Waals surface area contributed by atoms with Gasteiger partial charge in [-0.25, -0.2) is 0 Å². The number of anilines is 3. The number of hydrogen-bond donors (Lipinski definition) is 0. The summed E-state index contributed by atoms with van der Waals surface area (Å²) >= 11 is 0. The summed E-state index contributed by atoms with van der Waals surface area (Å²) in [5.41, 5.74) is 17.0. The zero-order chi connectivity index (χ0) is 39.8. The molecule has 0 fully saturated rings. The van der Waals surface area contributed by atoms with Crippen LogP contribution in [0.15, 0.2) is 237 Å². The molecular formula is C58H39NO. The van der Waals surface area contributed by atoms with Gasteiger partial charge in [-0.3, -0.25) is 0 Å². The molecule has 0 N–H and O–H groups in total. The highest BCUT2D eigenvalue weighted by molar-refractivity contribution is 6.00. The number of ether oxygens (including phenoxy) is 1. The van der Waals surface area contributed by atoms with Gasteiger partial charge in [-0.2, -0.15) is 0 Å². The normalized spacial score (nSPS) is 11.5. The van der Waals surface area contributed by atoms with E-state index in [2.05, 4.69) is 241 Å². The summed E-state index contributed by atoms with van der Waals surface area (Å²) in [5.74, 6) is 1.65. The van der Waals surface area contributed by atoms with Crippen molar-refractivity contribution in [2.45, 2.75) is 0 Å². The van der Waals surface area contributed by atoms with Crippen LogP contribution < -0.4 is 9.64 Å². The highest BCUT2D eigenvalue weighted by Crippen LogP contribution is 2.54. The summed E-state index contributed by atoms with van der Waals surface area (Å²) in [5, 5.41) is 2.31. The molecule has 0 atom stereocenters. The van der Waals surface area contributed by atoms with Crippen molar-refractivity contribution in [3.63, 3.8) is 0 Å². The van der Waals surface area contributed by atoms with Gasteiger partial charge in [0.05, 0.1) is 5.69 Å². The van der Waals surface area contributed by atoms with E-state index >= 15 is 0 Å². The van der Waals surface area contributed by atoms with Crippen LogP contribution >= 0.6 is 0 Å². The van der Waals surface area contributed by atoms with E-state index in [1.54, 1.807) is 0 Å². The van der Waals surface area contributed by atoms with Crippen LogP contribution in [0.3, 0.4) is 0 Å². The van der Waals surface area contributed by atoms with Crippen LogP contribution in [0.4, 0.5) is 17.1 Å². The Hall–Kier alpha value is -7.94. The van der Waals surface area contributed by atoms with Crippen molar-refractivity contribution in [1.29, 1.82) is 0 Å². The van der Waals surface area contributed by atoms with Gasteiger partial charge in [0.2, 0.25) is 0 Å². The highest BCUT2D eigenvalue weighted by Gasteiger charge is 2.27. The van der Waals surface area contributed by atoms with E-state index in [1.807, 2.05) is 0 Å². The molecule has 1 heterocycles. The summed E-state index contributed by atoms with van der Waals surface area (Å²) in [7, 11) is 0. The number of benzene rings is 10. The second-order valence-electron chi connectivity index (χ2n) is 15.3. The predicted octanol–water partition coefficient (Wildman–Crippen LogP) is 16.4. The fraction of sp³-hybridized carbons (Fsp3) is 0. The van der Waals surface area contributed by atoms with Gasteiger partial charge < -0.3 is 9.64 Å². The first kappa shape index (κ1) is 35.2. The van der Waals surface area contributed by atoms with Crippen LogP contribution in [-0.4, -0.2) is 0 Å². The van der Waals surface area contributed by atoms with E-state index in [0.29, 0.717) is 0 Å². The minimum absolute atomic E-state index is 0.817. The Morgan fingerprint density at radius 2 is 0.717 bits per heavy atom. The molecule has 1 aliphatic heterocycles. The maximum absolute atomic E-state index is 7.26. The number of hydrogen-bond acceptors (Lipinski definition) is 2. The summed E-state index contributed by atoms with van der Waals surface area (Å²) in [6.07, 6.45) is 0. The first-order valence-corrected chi connectivity index (χ1v) is 20.5. The molecule has 0 amide bonds. The van der Waals surface area contributed by atoms with Crippen molar-refractivity contribution in [3.8, 4) is 78.3 Å². The fourth-order valence-electron chi connectivity index (χ4n) is 8.60. The smallest absolute Gasteiger partial charge is 0.159 e. The maximum Gasteiger partial charge on any atom is 0.159 e. The molecule has 0 aliphatic carbocycles. The van der Waals surface area contributed by atoms with E-state index in [1.165, 1.54) is 38.8 Å². The minimum atomic E-state index is 0.817. The van der Waals surface area contributed by atoms with Crippen molar-refractivity contribution in [2.75, 3.05) is 4.90 Å². The number of rotatable bonds is 7. The Morgan fingerprint density at radius 1 is 0.267 bits per heavy atom. The molecule has 0 bridgehead atoms. The molecule has 0 aromatic heterocycles. The molecule has 2 heteroatoms. The first-order valence-electron chi connectivity index (χ1n) is 20.5. The molecule has 0 saturated carbocycles. The Labute approximate surface area is 350 Å². The lowest BCUT2D eigenvalue weighted by Gasteiger charge is -2.28. The summed E-state index contributed by atoms with van der Waals surface area (Å²) in [4.78, 5) is 2.31. The molecule has 0 unspecified atom stereocenters. The topological polar surface area (TPSA) is 12.5 Å². The first-order chi connectivity index (χ1) is 29.7. The van der Waals surface area contributed by atoms with E-state index in [-0.39, 0.29) is 0 Å². The number of fused-ring (bicyclic) bond motifs is 6. The number of nitrogens with zero attached hydrogens (tertiary/aromatic N) is 1. The van der Waals surface area contributed by atoms with E-state index < -0.39 is 0 Å². The molecule has 1 aliphatic rings. The van der Waals surface area contributed by atoms with Gasteiger partial charge in [0.1, 0.15) is 5.75 Å². The van der Waals surface area contributed by atoms with Crippen molar-refractivity contribution < 1.29 is 4.74 Å². The van der Waals surface area contributed by atoms with Crippen molar-refractivity contribution in [2.24, 2.45) is 0 Å². The Kier molecular flexibility index (Phi) is 8.87. The zero-order valence-corrected chi connectivity index (χ0v) is 32.9. The molecule has 11 rings (SSSR count). The maximum atomic E-state index is 7.26. The minimum Gasteiger partial charge on any atom is -0.454 e. The fourth-order valence-corrected chi connectivity index (χ4v) is 8.60. The third-order valence-corrected chi connectivity index (χ3v) is 11.7. The van der Waals surface area contributed by atoms with Crippen LogP contribution in [0.2, 0.25) is 0 Å². The third kappa shape index (κ3) is 6.51. The lowest BCUT2D eigenvalue weighted by molar-refractivity contribution is 0.489. The summed E-state index contributed by atoms with van der Waals surface area (Å²) < 4.78 is 7.26. The van der Waals surface area contributed by atoms with Gasteiger partial charge in [0, 0.05) is 22.5 Å². The molecule has 282 valence electrons. The largest absolute Gasteiger partial charge is 0.454 e. The summed E-state index contributed by atoms with van der Waals surface area (Å²) in [6, 6.07) is 84.7. The van der Waals surface area contributed by atoms with Crippen molar-refractivity contribution in [1.82, 2.24) is 0 Å². The van der Waals surface area contributed by atoms with Crippen LogP contribution in [0.25, 0.3) is 77.5 Å². The van der Waals surface area contributed by atoms with E-state index in [4.69, 9.17) is 4.74 Å². The SMILES string of the molecule is c1ccc(-c2ccc(-c3ccc(N(c4ccccc4)c4cccc5c4Oc4cc6ccccc6cc4-c4cc(-c6ccc(-c7ccccc7)cc6)ccc4-5)cc3)cc2)cc1. The quantitative estimate of drug-likeness (QED) is 0.160. The van der Waals surface area contributed by atoms with Crippen LogP contribution in [0.1, 0.15) is 0 Å². The predicted molar refractivity (Wildman–Crippen MR) is 251 cm³/mol. The van der Waals surface area contributed by atoms with Crippen molar-refractivity contribution >= 4 is 27.8 Å². The molecule has 10 aromatic carbocycles. The van der Waals surface area contributed by atoms with Gasteiger partial charge in [0.15, 0.2) is 5.75 Å². The van der Waals surface area contributed by atoms with Gasteiger partial charge >= 0.3 is 0 Å². The van der Waals surface area contributed by atoms with Crippen LogP contribution in [0, 0.1) is 0 Å². The lowest BCUT2D eigenvalue weighted by atomic mass is 9.89. The highest BCUT2D eigenvalue weighted by atomic mass is 16.5. The van der Waals surface area contributed by atoms with Crippen molar-refractivity contribution in [3.05, 3.63) is 237 Å². The number of para-hydroxylation sites is 2. The van der Waals surface area contributed by atoms with Crippen LogP contribution in [0.5, 0.6) is 11.5 Å². The monoisotopic (exact) mass is 765 g/mol. The van der Waals surface area contributed by atoms with Gasteiger partial charge in [-0.1, -0.05) is 188 Å². The standard InChI is InChI=1S/C58H39NO/c1-4-13-40(14-5-1)42-23-25-44(26-24-42)45-31-34-51(35-32-45)59(50-19-8-3-9-20-50)56-22-12-21-53-52-36-33-49(46-29-27-43(28-30-46)41-15-6-2-7-16-41)37-54(52)55-38-47-17-10-11-18-48(47)39-57(55)60-58(53)56/h1-39H. The lowest BCUT2D eigenvalue weighted by Crippen LogP contribution is -2.11. The molecule has 60 heavy (non-hydrogen) atoms. The van der Waals surface area contributed by atoms with E-state index in [9.17, 15) is 0 Å². The summed E-state index contributed by atoms with van der Waals surface area (Å²) in [6.45, 7) is 0. The second-order valence-corrected chi connectivity index (χ2v) is 15.3. The molecule has 2 nitrogen and oxygen atoms in total. The van der Waals surface area contributed by atoms with Gasteiger partial charge in [0.25, 0.3) is 0 Å². The average Bonchev–Trinajstić information content (AvgIpc) is 3.46. The molecule has 0 spiro atoms. The van der Waals surface area contributed by atoms with Gasteiger partial charge in [-0.15, -0.1) is 0 Å². The Morgan fingerprint density at radius 3 is 1.30 bits per heavy atom. The Balaban J connectivity index is 1.03. The second kappa shape index (κ2) is 15.1. The Bertz CT molecular complexity index is 3120. The van der Waals surface area contributed by atoms with Gasteiger partial charge in [-0.05, 0) is 115 Å². The van der Waals surface area contributed by atoms with Crippen LogP contribution in [-0.2, 0) is 0 Å². The molecule has 0 saturated heterocycles. The zero-order valence-electron chi connectivity index (χ0n) is 32.9. The molecule has 0 radical (unpaired) electrons. The molecule has 10 aromatic rings. The average molecular weight is 766 g/mol. The molecular weight excluding hydrogens is 727 g/mol.